The predicted molar refractivity (Wildman–Crippen MR) is 80.3 cm³/mol. The Kier molecular flexibility index (Phi) is 4.35. The van der Waals surface area contributed by atoms with Gasteiger partial charge in [-0.15, -0.1) is 0 Å². The maximum absolute atomic E-state index is 12.2. The number of hydrogen-bond acceptors (Lipinski definition) is 5. The number of anilines is 2. The van der Waals surface area contributed by atoms with E-state index in [-0.39, 0.29) is 23.5 Å². The number of carbonyl (C=O) groups excluding carboxylic acids is 1. The van der Waals surface area contributed by atoms with Crippen LogP contribution in [0.3, 0.4) is 0 Å². The number of nitrogens with two attached hydrogens (primary N) is 1. The summed E-state index contributed by atoms with van der Waals surface area (Å²) in [6.07, 6.45) is 1.77. The Morgan fingerprint density at radius 2 is 2.10 bits per heavy atom. The number of carbonyl (C=O) groups is 1. The third-order valence-corrected chi connectivity index (χ3v) is 3.64. The van der Waals surface area contributed by atoms with Gasteiger partial charge in [0.15, 0.2) is 0 Å². The minimum Gasteiger partial charge on any atom is -0.383 e. The molecule has 1 atom stereocenters. The van der Waals surface area contributed by atoms with Gasteiger partial charge in [0.05, 0.1) is 0 Å². The molecule has 1 aliphatic rings. The largest absolute Gasteiger partial charge is 0.383 e. The molecular weight excluding hydrogens is 274 g/mol. The van der Waals surface area contributed by atoms with Crippen LogP contribution in [0, 0.1) is 0 Å². The minimum atomic E-state index is -0.443. The molecule has 4 N–H and O–H groups in total. The van der Waals surface area contributed by atoms with Crippen molar-refractivity contribution in [3.8, 4) is 0 Å². The van der Waals surface area contributed by atoms with Crippen molar-refractivity contribution in [3.63, 3.8) is 0 Å². The molecule has 1 aromatic rings. The zero-order valence-corrected chi connectivity index (χ0v) is 12.3. The van der Waals surface area contributed by atoms with E-state index in [9.17, 15) is 14.4 Å². The van der Waals surface area contributed by atoms with Crippen LogP contribution < -0.4 is 27.6 Å². The summed E-state index contributed by atoms with van der Waals surface area (Å²) in [5.74, 6) is 0.159. The van der Waals surface area contributed by atoms with Crippen LogP contribution in [0.15, 0.2) is 9.59 Å². The lowest BCUT2D eigenvalue weighted by atomic mass is 10.1. The summed E-state index contributed by atoms with van der Waals surface area (Å²) in [6.45, 7) is 2.82. The smallest absolute Gasteiger partial charge is 0.332 e. The Bertz CT molecular complexity index is 651. The molecule has 0 bridgehead atoms. The molecule has 0 aliphatic carbocycles. The first-order valence-electron chi connectivity index (χ1n) is 7.08. The quantitative estimate of drug-likeness (QED) is 0.675. The van der Waals surface area contributed by atoms with Gasteiger partial charge in [0.1, 0.15) is 11.5 Å². The summed E-state index contributed by atoms with van der Waals surface area (Å²) in [6, 6.07) is -0.0646. The van der Waals surface area contributed by atoms with Gasteiger partial charge in [-0.05, 0) is 12.8 Å². The second-order valence-electron chi connectivity index (χ2n) is 5.24. The first kappa shape index (κ1) is 15.1. The number of rotatable bonds is 4. The number of nitrogens with one attached hydrogen (secondary N) is 2. The van der Waals surface area contributed by atoms with Crippen LogP contribution >= 0.6 is 0 Å². The zero-order valence-electron chi connectivity index (χ0n) is 12.3. The summed E-state index contributed by atoms with van der Waals surface area (Å²) < 4.78 is 2.45. The average molecular weight is 295 g/mol. The van der Waals surface area contributed by atoms with Crippen molar-refractivity contribution < 1.29 is 4.79 Å². The zero-order chi connectivity index (χ0) is 15.6. The fraction of sp³-hybridized carbons (Fsp3) is 0.615. The van der Waals surface area contributed by atoms with Gasteiger partial charge < -0.3 is 16.4 Å². The highest BCUT2D eigenvalue weighted by atomic mass is 16.2. The predicted octanol–water partition coefficient (Wildman–Crippen LogP) is -0.770. The average Bonchev–Trinajstić information content (AvgIpc) is 2.48. The van der Waals surface area contributed by atoms with Crippen LogP contribution in [0.4, 0.5) is 11.5 Å². The molecule has 0 radical (unpaired) electrons. The minimum absolute atomic E-state index is 0.00452. The van der Waals surface area contributed by atoms with Gasteiger partial charge in [0.2, 0.25) is 5.91 Å². The fourth-order valence-electron chi connectivity index (χ4n) is 2.42. The monoisotopic (exact) mass is 295 g/mol. The lowest BCUT2D eigenvalue weighted by Crippen LogP contribution is -2.45. The standard InChI is InChI=1S/C13H21N5O3/c1-3-6-18-11(14)10(12(20)17(2)13(18)21)16-8-4-5-9(19)15-7-8/h8,16H,3-7,14H2,1-2H3,(H,15,19). The SMILES string of the molecule is CCCn1c(N)c(NC2CCC(=O)NC2)c(=O)n(C)c1=O. The molecule has 1 fully saturated rings. The van der Waals surface area contributed by atoms with E-state index in [1.165, 1.54) is 11.6 Å². The molecule has 1 aliphatic heterocycles. The number of nitrogen functional groups attached to an aromatic ring is 1. The van der Waals surface area contributed by atoms with Crippen LogP contribution in [-0.4, -0.2) is 27.6 Å². The molecule has 0 aromatic carbocycles. The Morgan fingerprint density at radius 1 is 1.38 bits per heavy atom. The topological polar surface area (TPSA) is 111 Å². The highest BCUT2D eigenvalue weighted by molar-refractivity contribution is 5.77. The molecular formula is C13H21N5O3. The van der Waals surface area contributed by atoms with Gasteiger partial charge in [0.25, 0.3) is 5.56 Å². The van der Waals surface area contributed by atoms with E-state index in [1.807, 2.05) is 6.92 Å². The maximum atomic E-state index is 12.2. The number of hydrogen-bond donors (Lipinski definition) is 3. The Balaban J connectivity index is 2.37. The summed E-state index contributed by atoms with van der Waals surface area (Å²) in [7, 11) is 1.43. The summed E-state index contributed by atoms with van der Waals surface area (Å²) in [4.78, 5) is 35.4. The highest BCUT2D eigenvalue weighted by Gasteiger charge is 2.22. The van der Waals surface area contributed by atoms with Gasteiger partial charge in [-0.2, -0.15) is 0 Å². The fourth-order valence-corrected chi connectivity index (χ4v) is 2.42. The molecule has 1 aromatic heterocycles. The van der Waals surface area contributed by atoms with Crippen molar-refractivity contribution in [2.24, 2.45) is 7.05 Å². The van der Waals surface area contributed by atoms with Gasteiger partial charge in [-0.3, -0.25) is 18.7 Å². The van der Waals surface area contributed by atoms with Crippen LogP contribution in [0.5, 0.6) is 0 Å². The Hall–Kier alpha value is -2.25. The van der Waals surface area contributed by atoms with Crippen molar-refractivity contribution in [3.05, 3.63) is 20.8 Å². The van der Waals surface area contributed by atoms with E-state index in [0.717, 1.165) is 11.0 Å². The molecule has 1 unspecified atom stereocenters. The molecule has 8 heteroatoms. The van der Waals surface area contributed by atoms with Crippen LogP contribution in [0.2, 0.25) is 0 Å². The molecule has 1 amide bonds. The second-order valence-corrected chi connectivity index (χ2v) is 5.24. The molecule has 116 valence electrons. The van der Waals surface area contributed by atoms with E-state index in [0.29, 0.717) is 25.9 Å². The van der Waals surface area contributed by atoms with Crippen LogP contribution in [0.1, 0.15) is 26.2 Å². The number of piperidine rings is 1. The number of aromatic nitrogens is 2. The Morgan fingerprint density at radius 3 is 2.67 bits per heavy atom. The number of amides is 1. The lowest BCUT2D eigenvalue weighted by Gasteiger charge is -2.25. The van der Waals surface area contributed by atoms with E-state index in [4.69, 9.17) is 5.73 Å². The molecule has 8 nitrogen and oxygen atoms in total. The van der Waals surface area contributed by atoms with Crippen molar-refractivity contribution in [1.29, 1.82) is 0 Å². The summed E-state index contributed by atoms with van der Waals surface area (Å²) in [5, 5.41) is 5.81. The van der Waals surface area contributed by atoms with Gasteiger partial charge in [-0.1, -0.05) is 6.92 Å². The van der Waals surface area contributed by atoms with Crippen molar-refractivity contribution in [2.75, 3.05) is 17.6 Å². The summed E-state index contributed by atoms with van der Waals surface area (Å²) in [5.41, 5.74) is 5.35. The molecule has 21 heavy (non-hydrogen) atoms. The first-order valence-corrected chi connectivity index (χ1v) is 7.08. The van der Waals surface area contributed by atoms with E-state index in [1.54, 1.807) is 0 Å². The molecule has 1 saturated heterocycles. The Labute approximate surface area is 121 Å². The van der Waals surface area contributed by atoms with E-state index in [2.05, 4.69) is 10.6 Å². The lowest BCUT2D eigenvalue weighted by molar-refractivity contribution is -0.122. The van der Waals surface area contributed by atoms with Crippen LogP contribution in [0.25, 0.3) is 0 Å². The summed E-state index contributed by atoms with van der Waals surface area (Å²) >= 11 is 0. The molecule has 2 rings (SSSR count). The van der Waals surface area contributed by atoms with Crippen molar-refractivity contribution in [1.82, 2.24) is 14.5 Å². The van der Waals surface area contributed by atoms with Gasteiger partial charge in [0, 0.05) is 32.6 Å². The van der Waals surface area contributed by atoms with Crippen molar-refractivity contribution >= 4 is 17.4 Å². The van der Waals surface area contributed by atoms with E-state index >= 15 is 0 Å². The molecule has 0 saturated carbocycles. The number of nitrogens with zero attached hydrogens (tertiary/aromatic N) is 2. The van der Waals surface area contributed by atoms with Crippen molar-refractivity contribution in [2.45, 2.75) is 38.8 Å². The van der Waals surface area contributed by atoms with Crippen LogP contribution in [-0.2, 0) is 18.4 Å². The van der Waals surface area contributed by atoms with E-state index < -0.39 is 11.2 Å². The molecule has 2 heterocycles. The second kappa shape index (κ2) is 6.02. The first-order chi connectivity index (χ1) is 9.95. The molecule has 0 spiro atoms. The third-order valence-electron chi connectivity index (χ3n) is 3.64. The normalized spacial score (nSPS) is 18.4. The van der Waals surface area contributed by atoms with Gasteiger partial charge in [-0.25, -0.2) is 4.79 Å². The highest BCUT2D eigenvalue weighted by Crippen LogP contribution is 2.15. The van der Waals surface area contributed by atoms with Gasteiger partial charge >= 0.3 is 5.69 Å². The third kappa shape index (κ3) is 2.93. The maximum Gasteiger partial charge on any atom is 0.332 e.